The fourth-order valence-electron chi connectivity index (χ4n) is 2.58. The number of esters is 1. The van der Waals surface area contributed by atoms with Gasteiger partial charge in [0.1, 0.15) is 16.0 Å². The van der Waals surface area contributed by atoms with Crippen molar-refractivity contribution in [3.8, 4) is 22.6 Å². The summed E-state index contributed by atoms with van der Waals surface area (Å²) in [6, 6.07) is 19.8. The number of nitrogens with zero attached hydrogens (tertiary/aromatic N) is 1. The normalized spacial score (nSPS) is 12.0. The van der Waals surface area contributed by atoms with E-state index in [9.17, 15) is 4.79 Å². The summed E-state index contributed by atoms with van der Waals surface area (Å²) in [6.45, 7) is 9.22. The maximum atomic E-state index is 12.6. The maximum Gasteiger partial charge on any atom is 0.322 e. The molecule has 4 nitrogen and oxygen atoms in total. The van der Waals surface area contributed by atoms with Crippen molar-refractivity contribution in [2.75, 3.05) is 0 Å². The topological polar surface area (TPSA) is 52.3 Å². The van der Waals surface area contributed by atoms with Crippen LogP contribution < -0.4 is 0 Å². The monoisotopic (exact) mass is 395 g/mol. The van der Waals surface area contributed by atoms with Crippen LogP contribution in [0.25, 0.3) is 22.6 Å². The van der Waals surface area contributed by atoms with Gasteiger partial charge < -0.3 is 9.15 Å². The van der Waals surface area contributed by atoms with Gasteiger partial charge in [-0.05, 0) is 46.4 Å². The SMILES string of the molecule is CC(C)(C)OC(=O)C(C)(C)Sc1nc(-c2ccccc2)c(-c2ccccc2)o1. The molecule has 0 aliphatic rings. The molecule has 146 valence electrons. The number of aromatic nitrogens is 1. The molecule has 0 aliphatic carbocycles. The van der Waals surface area contributed by atoms with Gasteiger partial charge in [-0.25, -0.2) is 4.98 Å². The first-order valence-corrected chi connectivity index (χ1v) is 10.0. The number of ether oxygens (including phenoxy) is 1. The van der Waals surface area contributed by atoms with Crippen molar-refractivity contribution in [3.63, 3.8) is 0 Å². The van der Waals surface area contributed by atoms with E-state index in [1.54, 1.807) is 0 Å². The lowest BCUT2D eigenvalue weighted by molar-refractivity contribution is -0.156. The number of thioether (sulfide) groups is 1. The summed E-state index contributed by atoms with van der Waals surface area (Å²) in [4.78, 5) is 17.3. The van der Waals surface area contributed by atoms with E-state index in [2.05, 4.69) is 0 Å². The lowest BCUT2D eigenvalue weighted by atomic mass is 10.1. The summed E-state index contributed by atoms with van der Waals surface area (Å²) in [5.41, 5.74) is 2.12. The summed E-state index contributed by atoms with van der Waals surface area (Å²) < 4.78 is 10.8. The highest BCUT2D eigenvalue weighted by molar-refractivity contribution is 8.01. The molecule has 2 aromatic carbocycles. The van der Waals surface area contributed by atoms with Crippen LogP contribution >= 0.6 is 11.8 Å². The van der Waals surface area contributed by atoms with Crippen LogP contribution in [0, 0.1) is 0 Å². The molecule has 1 aromatic heterocycles. The van der Waals surface area contributed by atoms with Crippen LogP contribution in [-0.4, -0.2) is 21.3 Å². The molecule has 28 heavy (non-hydrogen) atoms. The minimum absolute atomic E-state index is 0.300. The highest BCUT2D eigenvalue weighted by Crippen LogP contribution is 2.40. The summed E-state index contributed by atoms with van der Waals surface area (Å²) >= 11 is 1.27. The molecule has 0 radical (unpaired) electrons. The Hall–Kier alpha value is -2.53. The van der Waals surface area contributed by atoms with Gasteiger partial charge in [0.25, 0.3) is 5.22 Å². The van der Waals surface area contributed by atoms with E-state index in [1.165, 1.54) is 11.8 Å². The van der Waals surface area contributed by atoms with Crippen molar-refractivity contribution >= 4 is 17.7 Å². The molecule has 0 fully saturated rings. The molecule has 0 aliphatic heterocycles. The van der Waals surface area contributed by atoms with E-state index in [4.69, 9.17) is 14.1 Å². The Kier molecular flexibility index (Phi) is 5.66. The second-order valence-corrected chi connectivity index (χ2v) is 9.58. The van der Waals surface area contributed by atoms with Crippen molar-refractivity contribution in [1.29, 1.82) is 0 Å². The van der Waals surface area contributed by atoms with E-state index in [0.29, 0.717) is 11.0 Å². The first kappa shape index (κ1) is 20.2. The van der Waals surface area contributed by atoms with Gasteiger partial charge in [0, 0.05) is 11.1 Å². The molecule has 3 aromatic rings. The second-order valence-electron chi connectivity index (χ2n) is 8.00. The van der Waals surface area contributed by atoms with Gasteiger partial charge in [0.15, 0.2) is 5.76 Å². The van der Waals surface area contributed by atoms with Crippen LogP contribution in [0.15, 0.2) is 70.3 Å². The smallest absolute Gasteiger partial charge is 0.322 e. The van der Waals surface area contributed by atoms with E-state index < -0.39 is 10.3 Å². The number of hydrogen-bond acceptors (Lipinski definition) is 5. The number of carbonyl (C=O) groups excluding carboxylic acids is 1. The standard InChI is InChI=1S/C23H25NO3S/c1-22(2,3)27-20(25)23(4,5)28-21-24-18(16-12-8-6-9-13-16)19(26-21)17-14-10-7-11-15-17/h6-15H,1-5H3. The Morgan fingerprint density at radius 1 is 0.893 bits per heavy atom. The minimum atomic E-state index is -0.833. The van der Waals surface area contributed by atoms with Gasteiger partial charge in [-0.3, -0.25) is 4.79 Å². The number of oxazole rings is 1. The first-order chi connectivity index (χ1) is 13.2. The predicted octanol–water partition coefficient (Wildman–Crippen LogP) is 6.22. The second kappa shape index (κ2) is 7.84. The molecular formula is C23H25NO3S. The van der Waals surface area contributed by atoms with Crippen LogP contribution in [0.4, 0.5) is 0 Å². The third-order valence-corrected chi connectivity index (χ3v) is 4.95. The molecule has 3 rings (SSSR count). The fourth-order valence-corrected chi connectivity index (χ4v) is 3.41. The Balaban J connectivity index is 1.97. The fraction of sp³-hybridized carbons (Fsp3) is 0.304. The molecule has 0 bridgehead atoms. The van der Waals surface area contributed by atoms with Crippen molar-refractivity contribution in [3.05, 3.63) is 60.7 Å². The molecule has 0 saturated heterocycles. The first-order valence-electron chi connectivity index (χ1n) is 9.20. The van der Waals surface area contributed by atoms with Gasteiger partial charge in [-0.15, -0.1) is 0 Å². The maximum absolute atomic E-state index is 12.6. The molecule has 0 spiro atoms. The van der Waals surface area contributed by atoms with Crippen molar-refractivity contribution < 1.29 is 13.9 Å². The molecule has 0 N–H and O–H groups in total. The predicted molar refractivity (Wildman–Crippen MR) is 113 cm³/mol. The zero-order valence-electron chi connectivity index (χ0n) is 16.9. The van der Waals surface area contributed by atoms with Gasteiger partial charge in [0.2, 0.25) is 0 Å². The number of rotatable bonds is 5. The van der Waals surface area contributed by atoms with Gasteiger partial charge in [-0.2, -0.15) is 0 Å². The molecule has 0 atom stereocenters. The lowest BCUT2D eigenvalue weighted by Crippen LogP contribution is -2.36. The van der Waals surface area contributed by atoms with Gasteiger partial charge in [0.05, 0.1) is 0 Å². The average Bonchev–Trinajstić information content (AvgIpc) is 3.05. The molecule has 0 saturated carbocycles. The van der Waals surface area contributed by atoms with Crippen molar-refractivity contribution in [2.45, 2.75) is 50.2 Å². The van der Waals surface area contributed by atoms with Gasteiger partial charge in [-0.1, -0.05) is 60.7 Å². The molecule has 0 unspecified atom stereocenters. The quantitative estimate of drug-likeness (QED) is 0.379. The van der Waals surface area contributed by atoms with Crippen LogP contribution in [0.2, 0.25) is 0 Å². The lowest BCUT2D eigenvalue weighted by Gasteiger charge is -2.26. The number of benzene rings is 2. The summed E-state index contributed by atoms with van der Waals surface area (Å²) in [6.07, 6.45) is 0. The number of hydrogen-bond donors (Lipinski definition) is 0. The summed E-state index contributed by atoms with van der Waals surface area (Å²) in [5.74, 6) is 0.389. The van der Waals surface area contributed by atoms with Gasteiger partial charge >= 0.3 is 5.97 Å². The molecule has 0 amide bonds. The minimum Gasteiger partial charge on any atom is -0.459 e. The molecular weight excluding hydrogens is 370 g/mol. The third kappa shape index (κ3) is 4.84. The van der Waals surface area contributed by atoms with Crippen molar-refractivity contribution in [2.24, 2.45) is 0 Å². The Labute approximate surface area is 170 Å². The summed E-state index contributed by atoms with van der Waals surface area (Å²) in [5, 5.41) is 0.438. The molecule has 1 heterocycles. The average molecular weight is 396 g/mol. The van der Waals surface area contributed by atoms with E-state index in [0.717, 1.165) is 16.8 Å². The van der Waals surface area contributed by atoms with E-state index in [1.807, 2.05) is 95.3 Å². The summed E-state index contributed by atoms with van der Waals surface area (Å²) in [7, 11) is 0. The third-order valence-electron chi connectivity index (χ3n) is 3.92. The zero-order valence-corrected chi connectivity index (χ0v) is 17.7. The Morgan fingerprint density at radius 3 is 1.96 bits per heavy atom. The number of carbonyl (C=O) groups is 1. The van der Waals surface area contributed by atoms with Crippen LogP contribution in [0.1, 0.15) is 34.6 Å². The highest BCUT2D eigenvalue weighted by atomic mass is 32.2. The molecule has 5 heteroatoms. The van der Waals surface area contributed by atoms with E-state index >= 15 is 0 Å². The highest BCUT2D eigenvalue weighted by Gasteiger charge is 2.36. The zero-order chi connectivity index (χ0) is 20.4. The van der Waals surface area contributed by atoms with Crippen molar-refractivity contribution in [1.82, 2.24) is 4.98 Å². The van der Waals surface area contributed by atoms with E-state index in [-0.39, 0.29) is 5.97 Å². The van der Waals surface area contributed by atoms with Crippen LogP contribution in [0.3, 0.4) is 0 Å². The Morgan fingerprint density at radius 2 is 1.43 bits per heavy atom. The Bertz CT molecular complexity index is 884. The van der Waals surface area contributed by atoms with Crippen LogP contribution in [0.5, 0.6) is 0 Å². The largest absolute Gasteiger partial charge is 0.459 e. The van der Waals surface area contributed by atoms with Crippen LogP contribution in [-0.2, 0) is 9.53 Å².